The summed E-state index contributed by atoms with van der Waals surface area (Å²) in [5.74, 6) is 0.613. The van der Waals surface area contributed by atoms with Gasteiger partial charge in [-0.2, -0.15) is 0 Å². The molecule has 2 aromatic rings. The third-order valence-corrected chi connectivity index (χ3v) is 1.57. The van der Waals surface area contributed by atoms with Crippen molar-refractivity contribution in [2.24, 2.45) is 0 Å². The molecule has 2 heterocycles. The van der Waals surface area contributed by atoms with Crippen molar-refractivity contribution in [2.75, 3.05) is 0 Å². The van der Waals surface area contributed by atoms with Crippen molar-refractivity contribution in [3.63, 3.8) is 0 Å². The molecule has 0 aliphatic heterocycles. The summed E-state index contributed by atoms with van der Waals surface area (Å²) >= 11 is 0. The van der Waals surface area contributed by atoms with E-state index in [9.17, 15) is 4.79 Å². The standard InChI is InChI=1S/C8H6N2O2/c11-6-7-2-1-4-10(7)8-3-5-12-9-8/h1-6H. The van der Waals surface area contributed by atoms with Crippen molar-refractivity contribution in [2.45, 2.75) is 0 Å². The molecule has 0 aromatic carbocycles. The van der Waals surface area contributed by atoms with E-state index in [4.69, 9.17) is 0 Å². The summed E-state index contributed by atoms with van der Waals surface area (Å²) in [6.07, 6.45) is 3.99. The van der Waals surface area contributed by atoms with Gasteiger partial charge in [-0.15, -0.1) is 0 Å². The Balaban J connectivity index is 2.53. The summed E-state index contributed by atoms with van der Waals surface area (Å²) in [5, 5.41) is 3.70. The van der Waals surface area contributed by atoms with Crippen LogP contribution >= 0.6 is 0 Å². The molecule has 0 unspecified atom stereocenters. The summed E-state index contributed by atoms with van der Waals surface area (Å²) in [7, 11) is 0. The van der Waals surface area contributed by atoms with E-state index in [0.29, 0.717) is 11.5 Å². The van der Waals surface area contributed by atoms with E-state index in [1.807, 2.05) is 0 Å². The number of rotatable bonds is 2. The fourth-order valence-corrected chi connectivity index (χ4v) is 1.03. The monoisotopic (exact) mass is 162 g/mol. The number of aldehydes is 1. The lowest BCUT2D eigenvalue weighted by molar-refractivity contribution is 0.111. The summed E-state index contributed by atoms with van der Waals surface area (Å²) in [5.41, 5.74) is 0.559. The molecule has 0 bridgehead atoms. The lowest BCUT2D eigenvalue weighted by Crippen LogP contribution is -1.96. The van der Waals surface area contributed by atoms with Gasteiger partial charge in [-0.1, -0.05) is 5.16 Å². The van der Waals surface area contributed by atoms with E-state index in [-0.39, 0.29) is 0 Å². The molecule has 2 rings (SSSR count). The van der Waals surface area contributed by atoms with Crippen LogP contribution in [0.5, 0.6) is 0 Å². The molecule has 0 N–H and O–H groups in total. The van der Waals surface area contributed by atoms with E-state index < -0.39 is 0 Å². The molecule has 60 valence electrons. The molecule has 0 atom stereocenters. The van der Waals surface area contributed by atoms with Crippen molar-refractivity contribution in [3.05, 3.63) is 36.4 Å². The number of hydrogen-bond acceptors (Lipinski definition) is 3. The molecule has 2 aromatic heterocycles. The highest BCUT2D eigenvalue weighted by molar-refractivity contribution is 5.73. The van der Waals surface area contributed by atoms with Crippen LogP contribution in [0, 0.1) is 0 Å². The Kier molecular flexibility index (Phi) is 1.51. The van der Waals surface area contributed by atoms with Gasteiger partial charge in [0, 0.05) is 12.3 Å². The van der Waals surface area contributed by atoms with Gasteiger partial charge in [0.05, 0.1) is 5.69 Å². The maximum Gasteiger partial charge on any atom is 0.180 e. The first-order valence-electron chi connectivity index (χ1n) is 3.45. The first kappa shape index (κ1) is 6.84. The molecule has 0 saturated heterocycles. The van der Waals surface area contributed by atoms with Crippen molar-refractivity contribution in [3.8, 4) is 5.82 Å². The van der Waals surface area contributed by atoms with Crippen LogP contribution in [0.3, 0.4) is 0 Å². The van der Waals surface area contributed by atoms with Crippen molar-refractivity contribution >= 4 is 6.29 Å². The van der Waals surface area contributed by atoms with Gasteiger partial charge < -0.3 is 4.52 Å². The third kappa shape index (κ3) is 0.934. The Hall–Kier alpha value is -1.84. The maximum absolute atomic E-state index is 10.5. The van der Waals surface area contributed by atoms with Gasteiger partial charge in [0.25, 0.3) is 0 Å². The van der Waals surface area contributed by atoms with Crippen LogP contribution < -0.4 is 0 Å². The minimum atomic E-state index is 0.559. The molecule has 0 radical (unpaired) electrons. The first-order valence-corrected chi connectivity index (χ1v) is 3.45. The summed E-state index contributed by atoms with van der Waals surface area (Å²) < 4.78 is 6.30. The summed E-state index contributed by atoms with van der Waals surface area (Å²) in [4.78, 5) is 10.5. The largest absolute Gasteiger partial charge is 0.363 e. The van der Waals surface area contributed by atoms with Crippen molar-refractivity contribution < 1.29 is 9.32 Å². The predicted octanol–water partition coefficient (Wildman–Crippen LogP) is 1.28. The number of hydrogen-bond donors (Lipinski definition) is 0. The minimum Gasteiger partial charge on any atom is -0.363 e. The Morgan fingerprint density at radius 1 is 1.50 bits per heavy atom. The highest BCUT2D eigenvalue weighted by atomic mass is 16.5. The minimum absolute atomic E-state index is 0.559. The normalized spacial score (nSPS) is 10.0. The van der Waals surface area contributed by atoms with E-state index in [1.54, 1.807) is 29.0 Å². The van der Waals surface area contributed by atoms with Crippen LogP contribution in [0.15, 0.2) is 35.2 Å². The molecule has 12 heavy (non-hydrogen) atoms. The molecule has 0 aliphatic rings. The molecule has 0 saturated carbocycles. The molecular weight excluding hydrogens is 156 g/mol. The van der Waals surface area contributed by atoms with Gasteiger partial charge in [-0.05, 0) is 12.1 Å². The smallest absolute Gasteiger partial charge is 0.180 e. The summed E-state index contributed by atoms with van der Waals surface area (Å²) in [6.45, 7) is 0. The number of carbonyl (C=O) groups excluding carboxylic acids is 1. The van der Waals surface area contributed by atoms with E-state index in [0.717, 1.165) is 6.29 Å². The van der Waals surface area contributed by atoms with Gasteiger partial charge in [0.1, 0.15) is 6.26 Å². The van der Waals surface area contributed by atoms with Gasteiger partial charge in [0.15, 0.2) is 12.1 Å². The van der Waals surface area contributed by atoms with Crippen LogP contribution in [-0.4, -0.2) is 16.0 Å². The molecule has 4 nitrogen and oxygen atoms in total. The van der Waals surface area contributed by atoms with E-state index in [1.165, 1.54) is 6.26 Å². The zero-order valence-corrected chi connectivity index (χ0v) is 6.18. The van der Waals surface area contributed by atoms with Crippen LogP contribution in [0.1, 0.15) is 10.5 Å². The second-order valence-electron chi connectivity index (χ2n) is 2.28. The molecule has 0 spiro atoms. The highest BCUT2D eigenvalue weighted by Crippen LogP contribution is 2.07. The number of aromatic nitrogens is 2. The van der Waals surface area contributed by atoms with Crippen molar-refractivity contribution in [1.29, 1.82) is 0 Å². The maximum atomic E-state index is 10.5. The molecule has 4 heteroatoms. The van der Waals surface area contributed by atoms with Gasteiger partial charge in [-0.3, -0.25) is 9.36 Å². The molecule has 0 fully saturated rings. The quantitative estimate of drug-likeness (QED) is 0.625. The zero-order valence-electron chi connectivity index (χ0n) is 6.18. The van der Waals surface area contributed by atoms with Crippen LogP contribution in [0.2, 0.25) is 0 Å². The number of nitrogens with zero attached hydrogens (tertiary/aromatic N) is 2. The zero-order chi connectivity index (χ0) is 8.39. The Morgan fingerprint density at radius 3 is 3.08 bits per heavy atom. The molecule has 0 aliphatic carbocycles. The third-order valence-electron chi connectivity index (χ3n) is 1.57. The summed E-state index contributed by atoms with van der Waals surface area (Å²) in [6, 6.07) is 5.17. The second-order valence-corrected chi connectivity index (χ2v) is 2.28. The fraction of sp³-hybridized carbons (Fsp3) is 0. The van der Waals surface area contributed by atoms with E-state index in [2.05, 4.69) is 9.68 Å². The number of carbonyl (C=O) groups is 1. The molecular formula is C8H6N2O2. The average molecular weight is 162 g/mol. The van der Waals surface area contributed by atoms with Crippen LogP contribution in [0.25, 0.3) is 5.82 Å². The van der Waals surface area contributed by atoms with Gasteiger partial charge in [-0.25, -0.2) is 0 Å². The second kappa shape index (κ2) is 2.65. The lowest BCUT2D eigenvalue weighted by Gasteiger charge is -1.96. The Labute approximate surface area is 68.4 Å². The lowest BCUT2D eigenvalue weighted by atomic mass is 10.5. The van der Waals surface area contributed by atoms with Crippen molar-refractivity contribution in [1.82, 2.24) is 9.72 Å². The average Bonchev–Trinajstić information content (AvgIpc) is 2.74. The van der Waals surface area contributed by atoms with Crippen LogP contribution in [0.4, 0.5) is 0 Å². The predicted molar refractivity (Wildman–Crippen MR) is 41.2 cm³/mol. The highest BCUT2D eigenvalue weighted by Gasteiger charge is 2.03. The van der Waals surface area contributed by atoms with Gasteiger partial charge in [0.2, 0.25) is 0 Å². The van der Waals surface area contributed by atoms with Crippen LogP contribution in [-0.2, 0) is 0 Å². The van der Waals surface area contributed by atoms with E-state index >= 15 is 0 Å². The fourth-order valence-electron chi connectivity index (χ4n) is 1.03. The topological polar surface area (TPSA) is 48.0 Å². The molecule has 0 amide bonds. The van der Waals surface area contributed by atoms with Gasteiger partial charge >= 0.3 is 0 Å². The Morgan fingerprint density at radius 2 is 2.42 bits per heavy atom. The Bertz CT molecular complexity index is 375. The first-order chi connectivity index (χ1) is 5.92. The SMILES string of the molecule is O=Cc1cccn1-c1ccon1.